The Morgan fingerprint density at radius 1 is 0.319 bits per heavy atom. The number of fused-ring (bicyclic) bond motifs is 6. The van der Waals surface area contributed by atoms with E-state index in [0.29, 0.717) is 5.69 Å². The summed E-state index contributed by atoms with van der Waals surface area (Å²) in [6.45, 7) is 4.33. The number of para-hydroxylation sites is 3. The first-order chi connectivity index (χ1) is 35.4. The van der Waals surface area contributed by atoms with Crippen molar-refractivity contribution in [2.75, 3.05) is 9.80 Å². The first-order valence-electron chi connectivity index (χ1n) is 24.5. The van der Waals surface area contributed by atoms with Gasteiger partial charge in [0.25, 0.3) is 0 Å². The third kappa shape index (κ3) is 7.44. The van der Waals surface area contributed by atoms with Crippen LogP contribution in [0.25, 0.3) is 76.8 Å². The van der Waals surface area contributed by atoms with Gasteiger partial charge in [-0.05, 0) is 165 Å². The van der Waals surface area contributed by atoms with Crippen LogP contribution in [0.3, 0.4) is 0 Å². The maximum atomic E-state index is 17.1. The molecular formula is C68H47FN2O. The molecule has 4 heteroatoms. The molecule has 0 aliphatic carbocycles. The first-order valence-corrected chi connectivity index (χ1v) is 24.5. The number of benzene rings is 12. The molecule has 0 amide bonds. The van der Waals surface area contributed by atoms with E-state index < -0.39 is 0 Å². The summed E-state index contributed by atoms with van der Waals surface area (Å²) < 4.78 is 24.1. The van der Waals surface area contributed by atoms with Crippen molar-refractivity contribution in [2.24, 2.45) is 0 Å². The maximum absolute atomic E-state index is 17.1. The van der Waals surface area contributed by atoms with E-state index in [-0.39, 0.29) is 5.82 Å². The molecular weight excluding hydrogens is 880 g/mol. The topological polar surface area (TPSA) is 15.7 Å². The number of nitrogens with zero attached hydrogens (tertiary/aromatic N) is 2. The van der Waals surface area contributed by atoms with Gasteiger partial charge in [0.15, 0.2) is 0 Å². The van der Waals surface area contributed by atoms with Crippen molar-refractivity contribution >= 4 is 66.4 Å². The molecule has 1 aliphatic heterocycles. The van der Waals surface area contributed by atoms with Crippen LogP contribution in [0.2, 0.25) is 0 Å². The zero-order valence-corrected chi connectivity index (χ0v) is 39.9. The number of ether oxygens (including phenoxy) is 1. The second-order valence-corrected chi connectivity index (χ2v) is 18.8. The van der Waals surface area contributed by atoms with Crippen LogP contribution >= 0.6 is 0 Å². The minimum absolute atomic E-state index is 0.307. The predicted molar refractivity (Wildman–Crippen MR) is 300 cm³/mol. The van der Waals surface area contributed by atoms with Crippen molar-refractivity contribution in [2.45, 2.75) is 13.8 Å². The Bertz CT molecular complexity index is 3970. The van der Waals surface area contributed by atoms with Gasteiger partial charge in [-0.15, -0.1) is 0 Å². The molecule has 0 spiro atoms. The molecule has 0 aromatic heterocycles. The lowest BCUT2D eigenvalue weighted by Gasteiger charge is -2.29. The van der Waals surface area contributed by atoms with Crippen LogP contribution in [0.1, 0.15) is 11.1 Å². The molecule has 0 bridgehead atoms. The van der Waals surface area contributed by atoms with Gasteiger partial charge in [-0.3, -0.25) is 0 Å². The number of hydrogen-bond donors (Lipinski definition) is 0. The normalized spacial score (nSPS) is 11.7. The van der Waals surface area contributed by atoms with Crippen molar-refractivity contribution in [3.8, 4) is 56.0 Å². The number of rotatable bonds is 9. The largest absolute Gasteiger partial charge is 0.456 e. The lowest BCUT2D eigenvalue weighted by molar-refractivity contribution is 0.487. The first kappa shape index (κ1) is 42.8. The molecule has 0 N–H and O–H groups in total. The fraction of sp³-hybridized carbons (Fsp3) is 0.0294. The van der Waals surface area contributed by atoms with E-state index >= 15 is 4.39 Å². The molecule has 72 heavy (non-hydrogen) atoms. The number of anilines is 6. The highest BCUT2D eigenvalue weighted by Crippen LogP contribution is 2.53. The fourth-order valence-electron chi connectivity index (χ4n) is 10.8. The second-order valence-electron chi connectivity index (χ2n) is 18.8. The molecule has 3 nitrogen and oxygen atoms in total. The summed E-state index contributed by atoms with van der Waals surface area (Å²) in [7, 11) is 0. The molecule has 12 aromatic carbocycles. The molecule has 0 saturated heterocycles. The van der Waals surface area contributed by atoms with Gasteiger partial charge in [0.05, 0.1) is 11.4 Å². The van der Waals surface area contributed by atoms with E-state index in [1.54, 1.807) is 6.07 Å². The summed E-state index contributed by atoms with van der Waals surface area (Å²) in [5.41, 5.74) is 15.6. The predicted octanol–water partition coefficient (Wildman–Crippen LogP) is 19.6. The SMILES string of the molecule is Cc1ccc2c(N(c3ccccc3)c3ccccc3)cc3c4cc(C)cc5c4c(cc3c2c1)-c1ccc(-c2ccc(N(c3ccccc3)c3c(F)cc(-c4ccccc4)cc3-c3ccccc3)cc2)cc1O5. The standard InChI is InChI=1S/C68H47FN2O/c1-44-28-34-55-58(36-44)59-42-62-56-35-31-49(41-65(56)72-66-38-45(2)37-61(67(62)66)60(59)43-64(55)70(51-22-12-5-13-23-51)52-24-14-6-15-25-52)47-29-32-54(33-30-47)71(53-26-16-7-17-27-53)68-57(48-20-10-4-11-21-48)39-50(40-63(68)69)46-18-8-3-9-19-46/h3-43H,1-2H3. The van der Waals surface area contributed by atoms with Crippen LogP contribution in [0, 0.1) is 19.7 Å². The van der Waals surface area contributed by atoms with Gasteiger partial charge < -0.3 is 14.5 Å². The highest BCUT2D eigenvalue weighted by atomic mass is 19.1. The zero-order chi connectivity index (χ0) is 48.3. The van der Waals surface area contributed by atoms with Crippen LogP contribution in [0.5, 0.6) is 11.5 Å². The van der Waals surface area contributed by atoms with Gasteiger partial charge in [-0.2, -0.15) is 0 Å². The highest BCUT2D eigenvalue weighted by molar-refractivity contribution is 6.26. The lowest BCUT2D eigenvalue weighted by Crippen LogP contribution is -2.13. The van der Waals surface area contributed by atoms with Crippen LogP contribution in [0.4, 0.5) is 38.5 Å². The van der Waals surface area contributed by atoms with Gasteiger partial charge in [0, 0.05) is 44.6 Å². The van der Waals surface area contributed by atoms with Gasteiger partial charge in [0.2, 0.25) is 0 Å². The number of aryl methyl sites for hydroxylation is 2. The Morgan fingerprint density at radius 2 is 0.847 bits per heavy atom. The van der Waals surface area contributed by atoms with Crippen molar-refractivity contribution < 1.29 is 9.13 Å². The van der Waals surface area contributed by atoms with Crippen LogP contribution < -0.4 is 14.5 Å². The molecule has 0 radical (unpaired) electrons. The quantitative estimate of drug-likeness (QED) is 0.134. The van der Waals surface area contributed by atoms with E-state index in [1.807, 2.05) is 95.9 Å². The van der Waals surface area contributed by atoms with Crippen molar-refractivity contribution in [1.82, 2.24) is 0 Å². The summed E-state index contributed by atoms with van der Waals surface area (Å²) in [5, 5.41) is 7.05. The molecule has 13 rings (SSSR count). The van der Waals surface area contributed by atoms with E-state index in [2.05, 4.69) is 170 Å². The average molecular weight is 927 g/mol. The van der Waals surface area contributed by atoms with Gasteiger partial charge in [-0.1, -0.05) is 163 Å². The summed E-state index contributed by atoms with van der Waals surface area (Å²) in [6, 6.07) is 86.3. The molecule has 1 aliphatic rings. The minimum atomic E-state index is -0.307. The molecule has 1 heterocycles. The van der Waals surface area contributed by atoms with Crippen LogP contribution in [-0.4, -0.2) is 0 Å². The van der Waals surface area contributed by atoms with E-state index in [0.717, 1.165) is 101 Å². The molecule has 0 unspecified atom stereocenters. The highest BCUT2D eigenvalue weighted by Gasteiger charge is 2.27. The Hall–Kier alpha value is -9.25. The second kappa shape index (κ2) is 17.6. The summed E-state index contributed by atoms with van der Waals surface area (Å²) >= 11 is 0. The average Bonchev–Trinajstić information content (AvgIpc) is 3.43. The smallest absolute Gasteiger partial charge is 0.148 e. The third-order valence-corrected chi connectivity index (χ3v) is 14.1. The van der Waals surface area contributed by atoms with E-state index in [9.17, 15) is 0 Å². The van der Waals surface area contributed by atoms with E-state index in [1.165, 1.54) is 27.1 Å². The Balaban J connectivity index is 0.930. The molecule has 0 atom stereocenters. The molecule has 0 saturated carbocycles. The zero-order valence-electron chi connectivity index (χ0n) is 39.9. The van der Waals surface area contributed by atoms with E-state index in [4.69, 9.17) is 4.74 Å². The number of hydrogen-bond acceptors (Lipinski definition) is 3. The minimum Gasteiger partial charge on any atom is -0.456 e. The van der Waals surface area contributed by atoms with Crippen molar-refractivity contribution in [3.05, 3.63) is 266 Å². The molecule has 342 valence electrons. The summed E-state index contributed by atoms with van der Waals surface area (Å²) in [6.07, 6.45) is 0. The Kier molecular flexibility index (Phi) is 10.5. The van der Waals surface area contributed by atoms with Crippen LogP contribution in [-0.2, 0) is 0 Å². The maximum Gasteiger partial charge on any atom is 0.148 e. The number of halogens is 1. The van der Waals surface area contributed by atoms with Crippen molar-refractivity contribution in [3.63, 3.8) is 0 Å². The Morgan fingerprint density at radius 3 is 1.50 bits per heavy atom. The monoisotopic (exact) mass is 926 g/mol. The lowest BCUT2D eigenvalue weighted by atomic mass is 9.86. The van der Waals surface area contributed by atoms with Gasteiger partial charge in [-0.25, -0.2) is 4.39 Å². The summed E-state index contributed by atoms with van der Waals surface area (Å²) in [4.78, 5) is 4.41. The molecule has 0 fully saturated rings. The third-order valence-electron chi connectivity index (χ3n) is 14.1. The van der Waals surface area contributed by atoms with Gasteiger partial charge in [0.1, 0.15) is 17.3 Å². The van der Waals surface area contributed by atoms with Crippen molar-refractivity contribution in [1.29, 1.82) is 0 Å². The summed E-state index contributed by atoms with van der Waals surface area (Å²) in [5.74, 6) is 1.35. The molecule has 12 aromatic rings. The fourth-order valence-corrected chi connectivity index (χ4v) is 10.8. The Labute approximate surface area is 418 Å². The van der Waals surface area contributed by atoms with Crippen LogP contribution in [0.15, 0.2) is 249 Å². The van der Waals surface area contributed by atoms with Gasteiger partial charge >= 0.3 is 0 Å².